The van der Waals surface area contributed by atoms with Crippen molar-refractivity contribution in [1.82, 2.24) is 4.57 Å². The topological polar surface area (TPSA) is 48.0 Å². The van der Waals surface area contributed by atoms with E-state index >= 15 is 0 Å². The van der Waals surface area contributed by atoms with E-state index in [1.54, 1.807) is 10.8 Å². The first kappa shape index (κ1) is 6.61. The lowest BCUT2D eigenvalue weighted by molar-refractivity contribution is -0.113. The fourth-order valence-corrected chi connectivity index (χ4v) is 0.607. The van der Waals surface area contributed by atoms with E-state index in [9.17, 15) is 4.79 Å². The van der Waals surface area contributed by atoms with Gasteiger partial charge in [-0.2, -0.15) is 0 Å². The zero-order valence-corrected chi connectivity index (χ0v) is 5.40. The van der Waals surface area contributed by atoms with E-state index in [0.717, 1.165) is 0 Å². The third kappa shape index (κ3) is 1.78. The molecular weight excluding hydrogens is 128 g/mol. The van der Waals surface area contributed by atoms with Crippen LogP contribution >= 0.6 is 0 Å². The van der Waals surface area contributed by atoms with Gasteiger partial charge in [0.05, 0.1) is 0 Å². The molecule has 0 unspecified atom stereocenters. The Morgan fingerprint density at radius 3 is 2.50 bits per heavy atom. The van der Waals surface area contributed by atoms with E-state index in [1.807, 2.05) is 24.5 Å². The molecule has 1 amide bonds. The molecule has 1 aromatic rings. The first-order valence-electron chi connectivity index (χ1n) is 2.89. The zero-order chi connectivity index (χ0) is 7.40. The van der Waals surface area contributed by atoms with Gasteiger partial charge in [-0.3, -0.25) is 4.79 Å². The van der Waals surface area contributed by atoms with Crippen molar-refractivity contribution < 1.29 is 4.79 Å². The minimum Gasteiger partial charge on any atom is -0.366 e. The predicted molar refractivity (Wildman–Crippen MR) is 39.0 cm³/mol. The molecule has 10 heavy (non-hydrogen) atoms. The Kier molecular flexibility index (Phi) is 1.89. The molecule has 3 heteroatoms. The van der Waals surface area contributed by atoms with Crippen LogP contribution in [0.5, 0.6) is 0 Å². The van der Waals surface area contributed by atoms with Crippen LogP contribution in [-0.4, -0.2) is 10.5 Å². The second-order valence-corrected chi connectivity index (χ2v) is 1.85. The summed E-state index contributed by atoms with van der Waals surface area (Å²) in [6.45, 7) is 0. The van der Waals surface area contributed by atoms with Crippen LogP contribution in [0.3, 0.4) is 0 Å². The van der Waals surface area contributed by atoms with Crippen LogP contribution in [0.2, 0.25) is 0 Å². The summed E-state index contributed by atoms with van der Waals surface area (Å²) in [6.07, 6.45) is 6.54. The van der Waals surface area contributed by atoms with E-state index in [0.29, 0.717) is 0 Å². The molecule has 0 aliphatic rings. The standard InChI is InChI=1S/C7H8N2O/c8-7(10)3-6-9-4-1-2-5-9/h1-6H,(H2,8,10)/b6-3+. The lowest BCUT2D eigenvalue weighted by Crippen LogP contribution is -2.05. The van der Waals surface area contributed by atoms with Crippen molar-refractivity contribution in [3.8, 4) is 0 Å². The Labute approximate surface area is 58.8 Å². The first-order valence-corrected chi connectivity index (χ1v) is 2.89. The van der Waals surface area contributed by atoms with Crippen molar-refractivity contribution in [2.24, 2.45) is 5.73 Å². The molecule has 0 spiro atoms. The average molecular weight is 136 g/mol. The summed E-state index contributed by atoms with van der Waals surface area (Å²) in [5.41, 5.74) is 4.87. The third-order valence-corrected chi connectivity index (χ3v) is 1.04. The minimum absolute atomic E-state index is 0.436. The number of nitrogens with zero attached hydrogens (tertiary/aromatic N) is 1. The highest BCUT2D eigenvalue weighted by molar-refractivity contribution is 5.88. The predicted octanol–water partition coefficient (Wildman–Crippen LogP) is 0.444. The van der Waals surface area contributed by atoms with E-state index in [-0.39, 0.29) is 0 Å². The molecule has 0 aliphatic heterocycles. The van der Waals surface area contributed by atoms with Gasteiger partial charge in [0.1, 0.15) is 0 Å². The number of hydrogen-bond donors (Lipinski definition) is 1. The van der Waals surface area contributed by atoms with Crippen LogP contribution in [-0.2, 0) is 4.79 Å². The largest absolute Gasteiger partial charge is 0.366 e. The Hall–Kier alpha value is -1.51. The van der Waals surface area contributed by atoms with Gasteiger partial charge in [0.2, 0.25) is 5.91 Å². The van der Waals surface area contributed by atoms with Crippen molar-refractivity contribution in [1.29, 1.82) is 0 Å². The fourth-order valence-electron chi connectivity index (χ4n) is 0.607. The van der Waals surface area contributed by atoms with Gasteiger partial charge in [-0.25, -0.2) is 0 Å². The van der Waals surface area contributed by atoms with Gasteiger partial charge in [-0.05, 0) is 12.1 Å². The van der Waals surface area contributed by atoms with E-state index in [2.05, 4.69) is 0 Å². The van der Waals surface area contributed by atoms with Crippen molar-refractivity contribution in [2.75, 3.05) is 0 Å². The molecule has 0 saturated carbocycles. The number of primary amides is 1. The van der Waals surface area contributed by atoms with Gasteiger partial charge in [-0.15, -0.1) is 0 Å². The van der Waals surface area contributed by atoms with Crippen LogP contribution in [0.15, 0.2) is 30.6 Å². The maximum atomic E-state index is 10.2. The van der Waals surface area contributed by atoms with E-state index in [1.165, 1.54) is 6.08 Å². The van der Waals surface area contributed by atoms with Crippen molar-refractivity contribution >= 4 is 12.1 Å². The maximum absolute atomic E-state index is 10.2. The minimum atomic E-state index is -0.436. The molecule has 1 heterocycles. The second kappa shape index (κ2) is 2.87. The van der Waals surface area contributed by atoms with Gasteiger partial charge in [-0.1, -0.05) is 0 Å². The molecular formula is C7H8N2O. The first-order chi connectivity index (χ1) is 4.79. The molecule has 0 radical (unpaired) electrons. The van der Waals surface area contributed by atoms with Crippen LogP contribution in [0.4, 0.5) is 0 Å². The quantitative estimate of drug-likeness (QED) is 0.589. The van der Waals surface area contributed by atoms with E-state index < -0.39 is 5.91 Å². The molecule has 1 rings (SSSR count). The van der Waals surface area contributed by atoms with Gasteiger partial charge >= 0.3 is 0 Å². The molecule has 1 aromatic heterocycles. The van der Waals surface area contributed by atoms with Crippen molar-refractivity contribution in [3.63, 3.8) is 0 Å². The summed E-state index contributed by atoms with van der Waals surface area (Å²) in [5.74, 6) is -0.436. The molecule has 3 nitrogen and oxygen atoms in total. The van der Waals surface area contributed by atoms with Gasteiger partial charge in [0, 0.05) is 24.7 Å². The van der Waals surface area contributed by atoms with Crippen LogP contribution < -0.4 is 5.73 Å². The van der Waals surface area contributed by atoms with Gasteiger partial charge < -0.3 is 10.3 Å². The highest BCUT2D eigenvalue weighted by Crippen LogP contribution is 1.89. The summed E-state index contributed by atoms with van der Waals surface area (Å²) in [4.78, 5) is 10.2. The van der Waals surface area contributed by atoms with Crippen LogP contribution in [0.1, 0.15) is 0 Å². The van der Waals surface area contributed by atoms with Gasteiger partial charge in [0.25, 0.3) is 0 Å². The number of carbonyl (C=O) groups is 1. The normalized spacial score (nSPS) is 10.4. The molecule has 0 atom stereocenters. The maximum Gasteiger partial charge on any atom is 0.242 e. The Morgan fingerprint density at radius 1 is 1.40 bits per heavy atom. The smallest absolute Gasteiger partial charge is 0.242 e. The highest BCUT2D eigenvalue weighted by atomic mass is 16.1. The number of amides is 1. The number of aromatic nitrogens is 1. The van der Waals surface area contributed by atoms with Gasteiger partial charge in [0.15, 0.2) is 0 Å². The SMILES string of the molecule is NC(=O)/C=C/n1cccc1. The summed E-state index contributed by atoms with van der Waals surface area (Å²) in [5, 5.41) is 0. The summed E-state index contributed by atoms with van der Waals surface area (Å²) < 4.78 is 1.74. The number of nitrogens with two attached hydrogens (primary N) is 1. The molecule has 0 aliphatic carbocycles. The molecule has 0 saturated heterocycles. The zero-order valence-electron chi connectivity index (χ0n) is 5.40. The molecule has 52 valence electrons. The summed E-state index contributed by atoms with van der Waals surface area (Å²) in [6, 6.07) is 3.73. The third-order valence-electron chi connectivity index (χ3n) is 1.04. The summed E-state index contributed by atoms with van der Waals surface area (Å²) >= 11 is 0. The monoisotopic (exact) mass is 136 g/mol. The van der Waals surface area contributed by atoms with Crippen LogP contribution in [0, 0.1) is 0 Å². The molecule has 0 bridgehead atoms. The van der Waals surface area contributed by atoms with Crippen LogP contribution in [0.25, 0.3) is 6.20 Å². The lowest BCUT2D eigenvalue weighted by atomic mass is 10.6. The molecule has 2 N–H and O–H groups in total. The average Bonchev–Trinajstić information content (AvgIpc) is 2.34. The van der Waals surface area contributed by atoms with Crippen molar-refractivity contribution in [2.45, 2.75) is 0 Å². The lowest BCUT2D eigenvalue weighted by Gasteiger charge is -1.87. The fraction of sp³-hybridized carbons (Fsp3) is 0. The second-order valence-electron chi connectivity index (χ2n) is 1.85. The highest BCUT2D eigenvalue weighted by Gasteiger charge is 1.82. The number of carbonyl (C=O) groups excluding carboxylic acids is 1. The van der Waals surface area contributed by atoms with E-state index in [4.69, 9.17) is 5.73 Å². The number of hydrogen-bond acceptors (Lipinski definition) is 1. The Bertz CT molecular complexity index is 236. The number of rotatable bonds is 2. The summed E-state index contributed by atoms with van der Waals surface area (Å²) in [7, 11) is 0. The molecule has 0 fully saturated rings. The molecule has 0 aromatic carbocycles. The Balaban J connectivity index is 2.64. The Morgan fingerprint density at radius 2 is 2.00 bits per heavy atom. The van der Waals surface area contributed by atoms with Crippen molar-refractivity contribution in [3.05, 3.63) is 30.6 Å².